The molecule has 3 rings (SSSR count). The first-order chi connectivity index (χ1) is 18.9. The zero-order valence-electron chi connectivity index (χ0n) is 25.2. The molecule has 1 aliphatic heterocycles. The van der Waals surface area contributed by atoms with Crippen LogP contribution in [0.5, 0.6) is 0 Å². The quantitative estimate of drug-likeness (QED) is 0.322. The van der Waals surface area contributed by atoms with Gasteiger partial charge < -0.3 is 19.9 Å². The zero-order chi connectivity index (χ0) is 31.0. The maximum Gasteiger partial charge on any atom is 0.417 e. The van der Waals surface area contributed by atoms with E-state index in [0.29, 0.717) is 19.3 Å². The Kier molecular flexibility index (Phi) is 17.0. The predicted molar refractivity (Wildman–Crippen MR) is 183 cm³/mol. The first kappa shape index (κ1) is 40.8. The molecule has 43 heavy (non-hydrogen) atoms. The van der Waals surface area contributed by atoms with Gasteiger partial charge in [0.15, 0.2) is 0 Å². The van der Waals surface area contributed by atoms with Crippen LogP contribution in [0, 0.1) is 0 Å². The Morgan fingerprint density at radius 1 is 0.884 bits per heavy atom. The van der Waals surface area contributed by atoms with Crippen LogP contribution in [0.25, 0.3) is 0 Å². The van der Waals surface area contributed by atoms with Crippen LogP contribution in [0.1, 0.15) is 65.5 Å². The number of ether oxygens (including phenoxy) is 2. The van der Waals surface area contributed by atoms with Gasteiger partial charge in [0.25, 0.3) is 0 Å². The Balaban J connectivity index is 0.000000785. The molecule has 3 amide bonds. The van der Waals surface area contributed by atoms with Crippen LogP contribution in [0.3, 0.4) is 0 Å². The van der Waals surface area contributed by atoms with Crippen molar-refractivity contribution in [3.63, 3.8) is 0 Å². The number of carboxylic acid groups (broad SMARTS) is 1. The number of likely N-dealkylation sites (tertiary alicyclic amines) is 1. The highest BCUT2D eigenvalue weighted by molar-refractivity contribution is 9.10. The number of hydrogen-bond acceptors (Lipinski definition) is 6. The van der Waals surface area contributed by atoms with Gasteiger partial charge in [0.05, 0.1) is 0 Å². The summed E-state index contributed by atoms with van der Waals surface area (Å²) in [6, 6.07) is 14.0. The number of rotatable bonds is 6. The Bertz CT molecular complexity index is 1220. The third-order valence-corrected chi connectivity index (χ3v) is 6.70. The number of hydrogen-bond donors (Lipinski definition) is 2. The minimum absolute atomic E-state index is 0. The summed E-state index contributed by atoms with van der Waals surface area (Å²) in [4.78, 5) is 48.3. The average Bonchev–Trinajstić information content (AvgIpc) is 3.19. The van der Waals surface area contributed by atoms with E-state index in [4.69, 9.17) is 14.6 Å². The molecule has 0 aromatic heterocycles. The largest absolute Gasteiger partial charge is 0.480 e. The summed E-state index contributed by atoms with van der Waals surface area (Å²) in [6.07, 6.45) is 0.684. The molecule has 13 heteroatoms. The van der Waals surface area contributed by atoms with E-state index in [1.807, 2.05) is 36.4 Å². The fourth-order valence-electron chi connectivity index (χ4n) is 3.90. The van der Waals surface area contributed by atoms with E-state index in [9.17, 15) is 19.2 Å². The molecule has 0 aliphatic carbocycles. The Morgan fingerprint density at radius 3 is 1.79 bits per heavy atom. The standard InChI is InChI=1S/C16H20BrNO3.C14H18BrNO4.2H2S/c1-16(2,3)21-15(20)18-13(8-9-14(18)19)10-11-4-6-12(17)7-5-11;1-14(2,3)20-13(19)16-11(12(17)18)8-9-4-6-10(15)7-5-9;;/h4-7,13H,8-10H2,1-3H3;4-7,11H,8H2,1-3H3,(H,16,19)(H,17,18);2*1H2/t;11-;;/m.0../s1. The number of imide groups is 1. The second-order valence-electron chi connectivity index (χ2n) is 11.6. The lowest BCUT2D eigenvalue weighted by molar-refractivity contribution is -0.139. The van der Waals surface area contributed by atoms with E-state index in [0.717, 1.165) is 20.1 Å². The number of carbonyl (C=O) groups excluding carboxylic acids is 3. The van der Waals surface area contributed by atoms with Gasteiger partial charge in [-0.05, 0) is 89.8 Å². The van der Waals surface area contributed by atoms with Crippen molar-refractivity contribution in [2.75, 3.05) is 0 Å². The molecule has 0 radical (unpaired) electrons. The molecule has 1 saturated heterocycles. The number of carboxylic acids is 1. The van der Waals surface area contributed by atoms with E-state index in [1.54, 1.807) is 53.7 Å². The number of benzene rings is 2. The molecular formula is C30H42Br2N2O7S2. The molecule has 0 saturated carbocycles. The third kappa shape index (κ3) is 15.4. The van der Waals surface area contributed by atoms with E-state index < -0.39 is 35.4 Å². The van der Waals surface area contributed by atoms with Crippen molar-refractivity contribution in [1.29, 1.82) is 0 Å². The number of aliphatic carboxylic acids is 1. The summed E-state index contributed by atoms with van der Waals surface area (Å²) in [7, 11) is 0. The molecule has 9 nitrogen and oxygen atoms in total. The summed E-state index contributed by atoms with van der Waals surface area (Å²) in [5, 5.41) is 11.5. The van der Waals surface area contributed by atoms with Crippen molar-refractivity contribution in [2.45, 2.75) is 90.5 Å². The van der Waals surface area contributed by atoms with Crippen LogP contribution < -0.4 is 5.32 Å². The minimum atomic E-state index is -1.10. The molecule has 1 unspecified atom stereocenters. The lowest BCUT2D eigenvalue weighted by Gasteiger charge is -2.27. The van der Waals surface area contributed by atoms with Crippen molar-refractivity contribution < 1.29 is 33.8 Å². The van der Waals surface area contributed by atoms with Gasteiger partial charge in [-0.15, -0.1) is 0 Å². The smallest absolute Gasteiger partial charge is 0.417 e. The highest BCUT2D eigenvalue weighted by atomic mass is 79.9. The summed E-state index contributed by atoms with van der Waals surface area (Å²) in [5.74, 6) is -1.25. The normalized spacial score (nSPS) is 15.1. The Morgan fingerprint density at radius 2 is 1.35 bits per heavy atom. The molecule has 2 aromatic rings. The number of nitrogens with zero attached hydrogens (tertiary/aromatic N) is 1. The lowest BCUT2D eigenvalue weighted by atomic mass is 10.0. The summed E-state index contributed by atoms with van der Waals surface area (Å²) in [5.41, 5.74) is 0.662. The van der Waals surface area contributed by atoms with Crippen LogP contribution in [-0.4, -0.2) is 57.4 Å². The van der Waals surface area contributed by atoms with E-state index in [2.05, 4.69) is 37.2 Å². The summed E-state index contributed by atoms with van der Waals surface area (Å²) < 4.78 is 12.3. The van der Waals surface area contributed by atoms with Gasteiger partial charge in [0.2, 0.25) is 5.91 Å². The van der Waals surface area contributed by atoms with Crippen LogP contribution in [0.2, 0.25) is 0 Å². The maximum atomic E-state index is 12.2. The van der Waals surface area contributed by atoms with Crippen LogP contribution in [-0.2, 0) is 31.9 Å². The van der Waals surface area contributed by atoms with Gasteiger partial charge >= 0.3 is 18.2 Å². The molecule has 1 heterocycles. The third-order valence-electron chi connectivity index (χ3n) is 5.64. The van der Waals surface area contributed by atoms with Gasteiger partial charge in [-0.2, -0.15) is 27.0 Å². The number of alkyl carbamates (subject to hydrolysis) is 1. The predicted octanol–water partition coefficient (Wildman–Crippen LogP) is 7.11. The summed E-state index contributed by atoms with van der Waals surface area (Å²) in [6.45, 7) is 10.6. The van der Waals surface area contributed by atoms with Gasteiger partial charge in [-0.25, -0.2) is 19.3 Å². The highest BCUT2D eigenvalue weighted by Gasteiger charge is 2.38. The van der Waals surface area contributed by atoms with Gasteiger partial charge in [0, 0.05) is 27.8 Å². The molecule has 1 aliphatic rings. The van der Waals surface area contributed by atoms with Crippen molar-refractivity contribution in [2.24, 2.45) is 0 Å². The van der Waals surface area contributed by atoms with Gasteiger partial charge in [-0.1, -0.05) is 56.1 Å². The van der Waals surface area contributed by atoms with Crippen molar-refractivity contribution in [3.8, 4) is 0 Å². The Labute approximate surface area is 284 Å². The number of nitrogens with one attached hydrogen (secondary N) is 1. The fourth-order valence-corrected chi connectivity index (χ4v) is 4.43. The molecule has 1 fully saturated rings. The monoisotopic (exact) mass is 764 g/mol. The fraction of sp³-hybridized carbons (Fsp3) is 0.467. The minimum Gasteiger partial charge on any atom is -0.480 e. The van der Waals surface area contributed by atoms with Crippen LogP contribution in [0.4, 0.5) is 9.59 Å². The molecule has 240 valence electrons. The molecule has 0 bridgehead atoms. The van der Waals surface area contributed by atoms with Crippen molar-refractivity contribution in [3.05, 3.63) is 68.6 Å². The van der Waals surface area contributed by atoms with Gasteiger partial charge in [0.1, 0.15) is 17.2 Å². The SMILES string of the molecule is CC(C)(C)OC(=O)N1C(=O)CCC1Cc1ccc(Br)cc1.CC(C)(C)OC(=O)N[C@@H](Cc1ccc(Br)cc1)C(=O)O.S.S. The number of carbonyl (C=O) groups is 4. The first-order valence-electron chi connectivity index (χ1n) is 13.2. The molecular weight excluding hydrogens is 724 g/mol. The molecule has 0 spiro atoms. The zero-order valence-corrected chi connectivity index (χ0v) is 30.4. The number of halogens is 2. The van der Waals surface area contributed by atoms with E-state index in [1.165, 1.54) is 4.90 Å². The van der Waals surface area contributed by atoms with Crippen LogP contribution >= 0.6 is 58.9 Å². The van der Waals surface area contributed by atoms with Crippen molar-refractivity contribution >= 4 is 82.9 Å². The maximum absolute atomic E-state index is 12.2. The summed E-state index contributed by atoms with van der Waals surface area (Å²) >= 11 is 6.71. The van der Waals surface area contributed by atoms with Gasteiger partial charge in [-0.3, -0.25) is 4.79 Å². The highest BCUT2D eigenvalue weighted by Crippen LogP contribution is 2.25. The van der Waals surface area contributed by atoms with E-state index >= 15 is 0 Å². The average molecular weight is 767 g/mol. The molecule has 2 aromatic carbocycles. The molecule has 2 atom stereocenters. The topological polar surface area (TPSA) is 122 Å². The first-order valence-corrected chi connectivity index (χ1v) is 14.8. The van der Waals surface area contributed by atoms with Crippen LogP contribution in [0.15, 0.2) is 57.5 Å². The molecule has 2 N–H and O–H groups in total. The second-order valence-corrected chi connectivity index (χ2v) is 13.5. The second kappa shape index (κ2) is 17.9. The Hall–Kier alpha value is -2.22. The van der Waals surface area contributed by atoms with Crippen molar-refractivity contribution in [1.82, 2.24) is 10.2 Å². The lowest BCUT2D eigenvalue weighted by Crippen LogP contribution is -2.44. The van der Waals surface area contributed by atoms with E-state index in [-0.39, 0.29) is 45.4 Å². The number of amides is 3.